The largest absolute Gasteiger partial charge is 0.444 e. The molecule has 3 rings (SSSR count). The molecule has 1 aromatic carbocycles. The highest BCUT2D eigenvalue weighted by molar-refractivity contribution is 7.89. The maximum Gasteiger partial charge on any atom is 0.424 e. The molecule has 9 heteroatoms. The topological polar surface area (TPSA) is 93.2 Å². The number of fused-ring (bicyclic) bond motifs is 1. The Hall–Kier alpha value is -2.29. The van der Waals surface area contributed by atoms with Crippen molar-refractivity contribution in [3.05, 3.63) is 29.8 Å². The fourth-order valence-electron chi connectivity index (χ4n) is 2.99. The highest BCUT2D eigenvalue weighted by Gasteiger charge is 2.54. The maximum absolute atomic E-state index is 12.9. The Morgan fingerprint density at radius 2 is 1.81 bits per heavy atom. The van der Waals surface area contributed by atoms with Crippen molar-refractivity contribution in [3.8, 4) is 0 Å². The Morgan fingerprint density at radius 1 is 1.19 bits per heavy atom. The maximum atomic E-state index is 12.9. The number of rotatable bonds is 2. The minimum Gasteiger partial charge on any atom is -0.444 e. The molecular weight excluding hydrogens is 360 g/mol. The molecule has 142 valence electrons. The van der Waals surface area contributed by atoms with Gasteiger partial charge < -0.3 is 14.4 Å². The van der Waals surface area contributed by atoms with Crippen LogP contribution < -0.4 is 0 Å². The van der Waals surface area contributed by atoms with Gasteiger partial charge in [-0.2, -0.15) is 4.31 Å². The summed E-state index contributed by atoms with van der Waals surface area (Å²) in [7, 11) is -4.06. The summed E-state index contributed by atoms with van der Waals surface area (Å²) in [6, 6.07) is 5.46. The van der Waals surface area contributed by atoms with Crippen LogP contribution in [0, 0.1) is 6.92 Å². The van der Waals surface area contributed by atoms with Crippen LogP contribution in [0.15, 0.2) is 29.2 Å². The summed E-state index contributed by atoms with van der Waals surface area (Å²) in [5.74, 6) is 0. The standard InChI is InChI=1S/C17H22N2O6S/c1-11-5-7-12(8-6-11)26(22,23)19-13-9-18(10-14(13)24-16(19)21)15(20)25-17(2,3)4/h5-8,13-14H,9-10H2,1-4H3/t13-,14-/m1/s1. The first kappa shape index (κ1) is 18.5. The molecule has 1 aromatic rings. The zero-order chi connectivity index (χ0) is 19.3. The Kier molecular flexibility index (Phi) is 4.38. The number of benzene rings is 1. The Labute approximate surface area is 152 Å². The number of ether oxygens (including phenoxy) is 2. The fraction of sp³-hybridized carbons (Fsp3) is 0.529. The second kappa shape index (κ2) is 6.15. The average Bonchev–Trinajstić information content (AvgIpc) is 3.02. The molecule has 2 saturated heterocycles. The lowest BCUT2D eigenvalue weighted by Gasteiger charge is -2.25. The Balaban J connectivity index is 1.82. The van der Waals surface area contributed by atoms with Gasteiger partial charge in [-0.1, -0.05) is 17.7 Å². The first-order chi connectivity index (χ1) is 12.0. The molecule has 2 aliphatic heterocycles. The van der Waals surface area contributed by atoms with E-state index in [9.17, 15) is 18.0 Å². The van der Waals surface area contributed by atoms with Crippen LogP contribution in [-0.4, -0.2) is 60.6 Å². The first-order valence-corrected chi connectivity index (χ1v) is 9.73. The SMILES string of the molecule is Cc1ccc(S(=O)(=O)N2C(=O)O[C@@H]3CN(C(=O)OC(C)(C)C)C[C@H]32)cc1. The molecule has 0 radical (unpaired) electrons. The van der Waals surface area contributed by atoms with E-state index in [4.69, 9.17) is 9.47 Å². The number of sulfonamides is 1. The van der Waals surface area contributed by atoms with Gasteiger partial charge in [0.1, 0.15) is 17.7 Å². The molecule has 0 unspecified atom stereocenters. The van der Waals surface area contributed by atoms with E-state index in [1.807, 2.05) is 6.92 Å². The van der Waals surface area contributed by atoms with Gasteiger partial charge in [-0.3, -0.25) is 0 Å². The van der Waals surface area contributed by atoms with Gasteiger partial charge in [0.15, 0.2) is 0 Å². The summed E-state index contributed by atoms with van der Waals surface area (Å²) >= 11 is 0. The summed E-state index contributed by atoms with van der Waals surface area (Å²) in [5, 5.41) is 0. The van der Waals surface area contributed by atoms with Crippen LogP contribution in [0.3, 0.4) is 0 Å². The molecule has 2 aliphatic rings. The third kappa shape index (κ3) is 3.35. The monoisotopic (exact) mass is 382 g/mol. The van der Waals surface area contributed by atoms with Crippen LogP contribution in [0.2, 0.25) is 0 Å². The number of likely N-dealkylation sites (tertiary alicyclic amines) is 1. The van der Waals surface area contributed by atoms with Crippen LogP contribution >= 0.6 is 0 Å². The molecule has 2 amide bonds. The summed E-state index contributed by atoms with van der Waals surface area (Å²) in [4.78, 5) is 25.8. The van der Waals surface area contributed by atoms with Crippen LogP contribution in [0.5, 0.6) is 0 Å². The van der Waals surface area contributed by atoms with Crippen molar-refractivity contribution in [2.45, 2.75) is 50.3 Å². The number of carbonyl (C=O) groups is 2. The van der Waals surface area contributed by atoms with Gasteiger partial charge in [-0.15, -0.1) is 0 Å². The van der Waals surface area contributed by atoms with Gasteiger partial charge in [-0.05, 0) is 39.8 Å². The summed E-state index contributed by atoms with van der Waals surface area (Å²) in [6.07, 6.45) is -2.17. The van der Waals surface area contributed by atoms with Gasteiger partial charge in [-0.25, -0.2) is 18.0 Å². The van der Waals surface area contributed by atoms with Crippen molar-refractivity contribution in [1.29, 1.82) is 0 Å². The lowest BCUT2D eigenvalue weighted by atomic mass is 10.2. The Morgan fingerprint density at radius 3 is 2.38 bits per heavy atom. The number of aryl methyl sites for hydroxylation is 1. The van der Waals surface area contributed by atoms with E-state index in [1.54, 1.807) is 32.9 Å². The van der Waals surface area contributed by atoms with Crippen LogP contribution in [0.1, 0.15) is 26.3 Å². The van der Waals surface area contributed by atoms with Gasteiger partial charge in [0.05, 0.1) is 11.4 Å². The van der Waals surface area contributed by atoms with Gasteiger partial charge >= 0.3 is 12.2 Å². The van der Waals surface area contributed by atoms with E-state index in [-0.39, 0.29) is 18.0 Å². The second-order valence-corrected chi connectivity index (χ2v) is 9.30. The molecule has 0 aliphatic carbocycles. The van der Waals surface area contributed by atoms with Crippen molar-refractivity contribution in [1.82, 2.24) is 9.21 Å². The summed E-state index contributed by atoms with van der Waals surface area (Å²) in [6.45, 7) is 7.22. The van der Waals surface area contributed by atoms with Gasteiger partial charge in [0.25, 0.3) is 10.0 Å². The zero-order valence-corrected chi connectivity index (χ0v) is 15.9. The van der Waals surface area contributed by atoms with Gasteiger partial charge in [0, 0.05) is 6.54 Å². The summed E-state index contributed by atoms with van der Waals surface area (Å²) in [5.41, 5.74) is 0.238. The molecule has 0 bridgehead atoms. The molecule has 0 aromatic heterocycles. The predicted molar refractivity (Wildman–Crippen MR) is 92.1 cm³/mol. The second-order valence-electron chi connectivity index (χ2n) is 7.49. The molecule has 2 heterocycles. The highest BCUT2D eigenvalue weighted by Crippen LogP contribution is 2.32. The quantitative estimate of drug-likeness (QED) is 0.778. The molecule has 0 N–H and O–H groups in total. The van der Waals surface area contributed by atoms with Crippen molar-refractivity contribution in [2.75, 3.05) is 13.1 Å². The first-order valence-electron chi connectivity index (χ1n) is 8.29. The molecular formula is C17H22N2O6S. The Bertz CT molecular complexity index is 828. The van der Waals surface area contributed by atoms with Crippen LogP contribution in [-0.2, 0) is 19.5 Å². The van der Waals surface area contributed by atoms with E-state index < -0.39 is 40.0 Å². The molecule has 8 nitrogen and oxygen atoms in total. The molecule has 2 fully saturated rings. The fourth-order valence-corrected chi connectivity index (χ4v) is 4.50. The summed E-state index contributed by atoms with van der Waals surface area (Å²) < 4.78 is 37.0. The number of nitrogens with zero attached hydrogens (tertiary/aromatic N) is 2. The lowest BCUT2D eigenvalue weighted by Crippen LogP contribution is -2.43. The van der Waals surface area contributed by atoms with E-state index in [0.29, 0.717) is 0 Å². The van der Waals surface area contributed by atoms with Crippen molar-refractivity contribution < 1.29 is 27.5 Å². The average molecular weight is 382 g/mol. The van der Waals surface area contributed by atoms with Crippen molar-refractivity contribution >= 4 is 22.2 Å². The third-order valence-corrected chi connectivity index (χ3v) is 6.01. The molecule has 0 spiro atoms. The highest BCUT2D eigenvalue weighted by atomic mass is 32.2. The van der Waals surface area contributed by atoms with E-state index in [2.05, 4.69) is 0 Å². The molecule has 2 atom stereocenters. The molecule has 0 saturated carbocycles. The molecule has 26 heavy (non-hydrogen) atoms. The zero-order valence-electron chi connectivity index (χ0n) is 15.1. The van der Waals surface area contributed by atoms with Crippen LogP contribution in [0.4, 0.5) is 9.59 Å². The minimum atomic E-state index is -4.06. The lowest BCUT2D eigenvalue weighted by molar-refractivity contribution is 0.0253. The number of amides is 2. The normalized spacial score (nSPS) is 23.0. The van der Waals surface area contributed by atoms with E-state index in [0.717, 1.165) is 9.87 Å². The smallest absolute Gasteiger partial charge is 0.424 e. The number of hydrogen-bond donors (Lipinski definition) is 0. The van der Waals surface area contributed by atoms with E-state index >= 15 is 0 Å². The van der Waals surface area contributed by atoms with E-state index in [1.165, 1.54) is 17.0 Å². The predicted octanol–water partition coefficient (Wildman–Crippen LogP) is 2.12. The van der Waals surface area contributed by atoms with Gasteiger partial charge in [0.2, 0.25) is 0 Å². The van der Waals surface area contributed by atoms with Crippen molar-refractivity contribution in [3.63, 3.8) is 0 Å². The van der Waals surface area contributed by atoms with Crippen LogP contribution in [0.25, 0.3) is 0 Å². The van der Waals surface area contributed by atoms with Crippen molar-refractivity contribution in [2.24, 2.45) is 0 Å². The third-order valence-electron chi connectivity index (χ3n) is 4.20. The number of hydrogen-bond acceptors (Lipinski definition) is 6. The number of carbonyl (C=O) groups excluding carboxylic acids is 2. The minimum absolute atomic E-state index is 0.0106.